The average Bonchev–Trinajstić information content (AvgIpc) is 2.17. The summed E-state index contributed by atoms with van der Waals surface area (Å²) >= 11 is -0.839. The van der Waals surface area contributed by atoms with Gasteiger partial charge in [0, 0.05) is 45.0 Å². The van der Waals surface area contributed by atoms with Crippen molar-refractivity contribution in [2.24, 2.45) is 0 Å². The standard InChI is InChI=1S/3C4H9.Ra.Sn/c3*1-3-4-2;;/h3*1,3-4H2,2H3;;. The zero-order chi connectivity index (χ0) is 9.94. The molecule has 14 heavy (non-hydrogen) atoms. The molecule has 0 unspecified atom stereocenters. The second-order valence-corrected chi connectivity index (χ2v) is 12.6. The fraction of sp³-hybridized carbons (Fsp3) is 1.00. The molecule has 0 aliphatic carbocycles. The van der Waals surface area contributed by atoms with Gasteiger partial charge in [0.25, 0.3) is 0 Å². The SMILES string of the molecule is CCC[CH2][Sn]([CH2]CCC)[CH2]CCC.[Ra]. The van der Waals surface area contributed by atoms with Gasteiger partial charge in [-0.15, -0.1) is 0 Å². The molecule has 0 saturated heterocycles. The Hall–Kier alpha value is 2.27. The van der Waals surface area contributed by atoms with Crippen molar-refractivity contribution in [1.82, 2.24) is 0 Å². The second kappa shape index (κ2) is 15.3. The van der Waals surface area contributed by atoms with E-state index < -0.39 is 19.8 Å². The third kappa shape index (κ3) is 12.3. The molecule has 0 fully saturated rings. The van der Waals surface area contributed by atoms with Crippen LogP contribution in [0.5, 0.6) is 0 Å². The minimum atomic E-state index is -0.839. The molecule has 3 radical (unpaired) electrons. The molecule has 0 aromatic rings. The Morgan fingerprint density at radius 3 is 1.14 bits per heavy atom. The maximum Gasteiger partial charge on any atom is 0 e. The van der Waals surface area contributed by atoms with Crippen molar-refractivity contribution in [2.45, 2.75) is 72.6 Å². The topological polar surface area (TPSA) is 0 Å². The average molecular weight is 516 g/mol. The Balaban J connectivity index is 0. The molecule has 0 amide bonds. The van der Waals surface area contributed by atoms with Crippen molar-refractivity contribution in [2.75, 3.05) is 0 Å². The summed E-state index contributed by atoms with van der Waals surface area (Å²) in [5.74, 6) is 0. The second-order valence-electron chi connectivity index (χ2n) is 4.06. The summed E-state index contributed by atoms with van der Waals surface area (Å²) in [6.07, 6.45) is 8.85. The molecule has 0 rings (SSSR count). The van der Waals surface area contributed by atoms with E-state index in [0.29, 0.717) is 0 Å². The number of unbranched alkanes of at least 4 members (excludes halogenated alkanes) is 3. The summed E-state index contributed by atoms with van der Waals surface area (Å²) in [4.78, 5) is 0. The van der Waals surface area contributed by atoms with Crippen LogP contribution in [-0.2, 0) is 0 Å². The van der Waals surface area contributed by atoms with E-state index in [4.69, 9.17) is 0 Å². The molecule has 0 aromatic heterocycles. The van der Waals surface area contributed by atoms with Crippen LogP contribution in [0.1, 0.15) is 59.3 Å². The van der Waals surface area contributed by atoms with Crippen molar-refractivity contribution in [3.63, 3.8) is 0 Å². The van der Waals surface area contributed by atoms with Crippen molar-refractivity contribution in [1.29, 1.82) is 0 Å². The summed E-state index contributed by atoms with van der Waals surface area (Å²) < 4.78 is 5.04. The van der Waals surface area contributed by atoms with Crippen LogP contribution in [0, 0.1) is 45.0 Å². The van der Waals surface area contributed by atoms with E-state index in [1.54, 1.807) is 13.3 Å². The molecule has 81 valence electrons. The summed E-state index contributed by atoms with van der Waals surface area (Å²) in [5.41, 5.74) is 0. The van der Waals surface area contributed by atoms with Crippen LogP contribution in [0.15, 0.2) is 0 Å². The van der Waals surface area contributed by atoms with Crippen LogP contribution < -0.4 is 0 Å². The van der Waals surface area contributed by atoms with E-state index in [1.807, 2.05) is 0 Å². The van der Waals surface area contributed by atoms with Crippen LogP contribution in [0.4, 0.5) is 0 Å². The molecule has 0 aromatic carbocycles. The molecule has 0 atom stereocenters. The van der Waals surface area contributed by atoms with Crippen molar-refractivity contribution in [3.8, 4) is 0 Å². The summed E-state index contributed by atoms with van der Waals surface area (Å²) in [7, 11) is 0. The van der Waals surface area contributed by atoms with Crippen molar-refractivity contribution < 1.29 is 45.0 Å². The molecule has 0 heterocycles. The van der Waals surface area contributed by atoms with Crippen molar-refractivity contribution >= 4 is 19.8 Å². The van der Waals surface area contributed by atoms with Gasteiger partial charge in [0.2, 0.25) is 0 Å². The molecule has 0 N–H and O–H groups in total. The van der Waals surface area contributed by atoms with E-state index in [1.165, 1.54) is 38.5 Å². The predicted octanol–water partition coefficient (Wildman–Crippen LogP) is 4.88. The fourth-order valence-corrected chi connectivity index (χ4v) is 11.1. The number of hydrogen-bond acceptors (Lipinski definition) is 0. The molecular formula is C12H27RaSn. The normalized spacial score (nSPS) is 10.3. The van der Waals surface area contributed by atoms with Gasteiger partial charge in [0.05, 0.1) is 0 Å². The minimum Gasteiger partial charge on any atom is 0 e. The van der Waals surface area contributed by atoms with E-state index >= 15 is 0 Å². The van der Waals surface area contributed by atoms with Crippen LogP contribution >= 0.6 is 0 Å². The first-order valence-electron chi connectivity index (χ1n) is 6.18. The van der Waals surface area contributed by atoms with Gasteiger partial charge in [-0.2, -0.15) is 0 Å². The first kappa shape index (κ1) is 18.6. The van der Waals surface area contributed by atoms with Gasteiger partial charge in [-0.3, -0.25) is 0 Å². The predicted molar refractivity (Wildman–Crippen MR) is 64.9 cm³/mol. The van der Waals surface area contributed by atoms with Gasteiger partial charge in [0.1, 0.15) is 0 Å². The van der Waals surface area contributed by atoms with E-state index in [2.05, 4.69) is 20.8 Å². The maximum atomic E-state index is 2.33. The monoisotopic (exact) mass is 517 g/mol. The number of hydrogen-bond donors (Lipinski definition) is 0. The molecule has 0 aliphatic heterocycles. The molecule has 0 bridgehead atoms. The van der Waals surface area contributed by atoms with Crippen molar-refractivity contribution in [3.05, 3.63) is 0 Å². The van der Waals surface area contributed by atoms with Gasteiger partial charge in [-0.25, -0.2) is 0 Å². The Labute approximate surface area is 135 Å². The van der Waals surface area contributed by atoms with Gasteiger partial charge in [-0.05, 0) is 0 Å². The summed E-state index contributed by atoms with van der Waals surface area (Å²) in [6.45, 7) is 7.00. The Bertz CT molecular complexity index is 77.3. The van der Waals surface area contributed by atoms with E-state index in [9.17, 15) is 0 Å². The first-order valence-corrected chi connectivity index (χ1v) is 12.2. The van der Waals surface area contributed by atoms with Crippen LogP contribution in [-0.4, -0.2) is 19.8 Å². The van der Waals surface area contributed by atoms with E-state index in [-0.39, 0.29) is 45.0 Å². The molecule has 0 aliphatic rings. The van der Waals surface area contributed by atoms with Crippen LogP contribution in [0.25, 0.3) is 0 Å². The Morgan fingerprint density at radius 1 is 0.643 bits per heavy atom. The smallest absolute Gasteiger partial charge is 0 e. The molecule has 0 saturated carbocycles. The summed E-state index contributed by atoms with van der Waals surface area (Å²) in [6, 6.07) is 0. The zero-order valence-electron chi connectivity index (χ0n) is 10.6. The number of rotatable bonds is 9. The Morgan fingerprint density at radius 2 is 0.929 bits per heavy atom. The largest absolute Gasteiger partial charge is 0 e. The quantitative estimate of drug-likeness (QED) is 0.384. The first-order chi connectivity index (χ1) is 6.35. The van der Waals surface area contributed by atoms with Gasteiger partial charge in [0.15, 0.2) is 0 Å². The third-order valence-corrected chi connectivity index (χ3v) is 11.7. The van der Waals surface area contributed by atoms with Crippen LogP contribution in [0.2, 0.25) is 13.3 Å². The van der Waals surface area contributed by atoms with E-state index in [0.717, 1.165) is 0 Å². The zero-order valence-corrected chi connectivity index (χ0v) is 19.2. The fourth-order valence-electron chi connectivity index (χ4n) is 1.66. The Kier molecular flexibility index (Phi) is 20.3. The molecule has 0 nitrogen and oxygen atoms in total. The molecular weight excluding hydrogens is 489 g/mol. The van der Waals surface area contributed by atoms with Gasteiger partial charge < -0.3 is 0 Å². The maximum absolute atomic E-state index is 2.33. The third-order valence-electron chi connectivity index (χ3n) is 2.65. The summed E-state index contributed by atoms with van der Waals surface area (Å²) in [5, 5.41) is 0. The van der Waals surface area contributed by atoms with Gasteiger partial charge >= 0.3 is 92.4 Å². The molecule has 0 spiro atoms. The minimum absolute atomic E-state index is 0. The molecule has 2 heteroatoms. The van der Waals surface area contributed by atoms with Gasteiger partial charge in [-0.1, -0.05) is 0 Å². The van der Waals surface area contributed by atoms with Crippen LogP contribution in [0.3, 0.4) is 0 Å².